The highest BCUT2D eigenvalue weighted by atomic mass is 14.0. The summed E-state index contributed by atoms with van der Waals surface area (Å²) < 4.78 is 0. The molecule has 0 unspecified atom stereocenters. The van der Waals surface area contributed by atoms with Crippen LogP contribution in [0.1, 0.15) is 16.7 Å². The second-order valence-electron chi connectivity index (χ2n) is 3.75. The standard InChI is InChI=1S/C16H14/c1-2-15-10-6-7-11-16(15)13-12-14-8-4-3-5-9-14/h1-8,10-11H,12-13H2. The van der Waals surface area contributed by atoms with Gasteiger partial charge in [0, 0.05) is 0 Å². The van der Waals surface area contributed by atoms with Crippen molar-refractivity contribution in [2.45, 2.75) is 12.8 Å². The smallest absolute Gasteiger partial charge is 0.0149 e. The summed E-state index contributed by atoms with van der Waals surface area (Å²) in [5.74, 6) is 0. The molecule has 78 valence electrons. The average Bonchev–Trinajstić information content (AvgIpc) is 2.38. The van der Waals surface area contributed by atoms with E-state index in [4.69, 9.17) is 6.58 Å². The monoisotopic (exact) mass is 206 g/mol. The summed E-state index contributed by atoms with van der Waals surface area (Å²) in [4.78, 5) is 0. The van der Waals surface area contributed by atoms with Gasteiger partial charge in [0.2, 0.25) is 0 Å². The molecule has 0 bridgehead atoms. The van der Waals surface area contributed by atoms with Crippen LogP contribution in [0.15, 0.2) is 48.5 Å². The van der Waals surface area contributed by atoms with E-state index >= 15 is 0 Å². The molecule has 0 nitrogen and oxygen atoms in total. The van der Waals surface area contributed by atoms with Crippen molar-refractivity contribution < 1.29 is 0 Å². The van der Waals surface area contributed by atoms with Crippen LogP contribution in [0.4, 0.5) is 0 Å². The van der Waals surface area contributed by atoms with Gasteiger partial charge in [-0.05, 0) is 35.6 Å². The molecular formula is C16H14. The first-order valence-electron chi connectivity index (χ1n) is 5.48. The summed E-state index contributed by atoms with van der Waals surface area (Å²) in [6, 6.07) is 19.6. The summed E-state index contributed by atoms with van der Waals surface area (Å²) >= 11 is 0. The first-order valence-corrected chi connectivity index (χ1v) is 5.48. The van der Waals surface area contributed by atoms with Crippen LogP contribution in [-0.4, -0.2) is 0 Å². The lowest BCUT2D eigenvalue weighted by Crippen LogP contribution is -1.93. The highest BCUT2D eigenvalue weighted by Crippen LogP contribution is 2.13. The third-order valence-electron chi connectivity index (χ3n) is 2.67. The minimum Gasteiger partial charge on any atom is -0.0620 e. The van der Waals surface area contributed by atoms with Gasteiger partial charge in [0.25, 0.3) is 0 Å². The Morgan fingerprint density at radius 3 is 2.56 bits per heavy atom. The Hall–Kier alpha value is -1.82. The molecule has 2 aromatic carbocycles. The molecule has 0 atom stereocenters. The van der Waals surface area contributed by atoms with Crippen molar-refractivity contribution in [3.05, 3.63) is 77.9 Å². The quantitative estimate of drug-likeness (QED) is 0.715. The minimum absolute atomic E-state index is 1.00. The summed E-state index contributed by atoms with van der Waals surface area (Å²) in [6.45, 7) is 5.59. The molecule has 0 heteroatoms. The van der Waals surface area contributed by atoms with Crippen LogP contribution < -0.4 is 0 Å². The van der Waals surface area contributed by atoms with Crippen LogP contribution in [-0.2, 0) is 12.8 Å². The van der Waals surface area contributed by atoms with Crippen molar-refractivity contribution in [3.63, 3.8) is 0 Å². The zero-order valence-corrected chi connectivity index (χ0v) is 9.19. The number of rotatable bonds is 4. The molecule has 0 fully saturated rings. The molecule has 0 saturated carbocycles. The van der Waals surface area contributed by atoms with Crippen LogP contribution in [0.2, 0.25) is 0 Å². The molecule has 0 amide bonds. The topological polar surface area (TPSA) is 0 Å². The van der Waals surface area contributed by atoms with Crippen LogP contribution in [0.3, 0.4) is 0 Å². The first-order chi connectivity index (χ1) is 7.90. The van der Waals surface area contributed by atoms with Gasteiger partial charge in [0.15, 0.2) is 0 Å². The maximum Gasteiger partial charge on any atom is -0.0149 e. The molecule has 0 saturated heterocycles. The van der Waals surface area contributed by atoms with Crippen molar-refractivity contribution in [1.82, 2.24) is 0 Å². The molecular weight excluding hydrogens is 192 g/mol. The van der Waals surface area contributed by atoms with Crippen molar-refractivity contribution in [2.75, 3.05) is 0 Å². The van der Waals surface area contributed by atoms with E-state index in [0.29, 0.717) is 0 Å². The molecule has 0 aliphatic carbocycles. The lowest BCUT2D eigenvalue weighted by molar-refractivity contribution is 0.956. The van der Waals surface area contributed by atoms with Gasteiger partial charge in [-0.3, -0.25) is 0 Å². The Kier molecular flexibility index (Phi) is 3.55. The number of hydrogen-bond acceptors (Lipinski definition) is 0. The lowest BCUT2D eigenvalue weighted by atomic mass is 10.00. The summed E-state index contributed by atoms with van der Waals surface area (Å²) in [5, 5.41) is 0. The molecule has 0 heterocycles. The number of aryl methyl sites for hydroxylation is 2. The third kappa shape index (κ3) is 2.60. The maximum absolute atomic E-state index is 5.59. The summed E-state index contributed by atoms with van der Waals surface area (Å²) in [5.41, 5.74) is 3.66. The van der Waals surface area contributed by atoms with Gasteiger partial charge < -0.3 is 0 Å². The van der Waals surface area contributed by atoms with E-state index < -0.39 is 0 Å². The van der Waals surface area contributed by atoms with E-state index in [0.717, 1.165) is 18.4 Å². The van der Waals surface area contributed by atoms with E-state index in [9.17, 15) is 0 Å². The zero-order chi connectivity index (χ0) is 11.2. The van der Waals surface area contributed by atoms with Gasteiger partial charge in [0.05, 0.1) is 0 Å². The van der Waals surface area contributed by atoms with Gasteiger partial charge in [-0.25, -0.2) is 0 Å². The Morgan fingerprint density at radius 1 is 1.00 bits per heavy atom. The SMILES string of the molecule is [CH]=Cc1ccccc1CCc1[c]cccc1. The maximum atomic E-state index is 5.59. The number of benzene rings is 2. The number of hydrogen-bond donors (Lipinski definition) is 0. The van der Waals surface area contributed by atoms with Crippen molar-refractivity contribution in [1.29, 1.82) is 0 Å². The molecule has 0 aliphatic heterocycles. The molecule has 2 aromatic rings. The molecule has 2 radical (unpaired) electrons. The second-order valence-corrected chi connectivity index (χ2v) is 3.75. The van der Waals surface area contributed by atoms with Gasteiger partial charge in [-0.15, -0.1) is 0 Å². The Morgan fingerprint density at radius 2 is 1.81 bits per heavy atom. The van der Waals surface area contributed by atoms with Crippen LogP contribution in [0.25, 0.3) is 6.08 Å². The predicted molar refractivity (Wildman–Crippen MR) is 67.9 cm³/mol. The van der Waals surface area contributed by atoms with E-state index in [-0.39, 0.29) is 0 Å². The van der Waals surface area contributed by atoms with Gasteiger partial charge >= 0.3 is 0 Å². The molecule has 0 spiro atoms. The molecule has 0 aromatic heterocycles. The van der Waals surface area contributed by atoms with Crippen LogP contribution in [0, 0.1) is 12.6 Å². The Labute approximate surface area is 97.3 Å². The van der Waals surface area contributed by atoms with Gasteiger partial charge in [-0.1, -0.05) is 61.2 Å². The minimum atomic E-state index is 1.00. The lowest BCUT2D eigenvalue weighted by Gasteiger charge is -2.05. The van der Waals surface area contributed by atoms with Crippen molar-refractivity contribution in [2.24, 2.45) is 0 Å². The van der Waals surface area contributed by atoms with Crippen LogP contribution in [0.5, 0.6) is 0 Å². The normalized spacial score (nSPS) is 10.0. The fraction of sp³-hybridized carbons (Fsp3) is 0.125. The van der Waals surface area contributed by atoms with E-state index in [1.165, 1.54) is 11.1 Å². The Balaban J connectivity index is 2.08. The average molecular weight is 206 g/mol. The van der Waals surface area contributed by atoms with E-state index in [1.807, 2.05) is 30.3 Å². The molecule has 16 heavy (non-hydrogen) atoms. The molecule has 0 aliphatic rings. The first kappa shape index (κ1) is 10.7. The van der Waals surface area contributed by atoms with E-state index in [2.05, 4.69) is 24.3 Å². The van der Waals surface area contributed by atoms with Gasteiger partial charge in [-0.2, -0.15) is 0 Å². The zero-order valence-electron chi connectivity index (χ0n) is 9.19. The molecule has 2 rings (SSSR count). The fourth-order valence-corrected chi connectivity index (χ4v) is 1.78. The highest BCUT2D eigenvalue weighted by Gasteiger charge is 1.99. The van der Waals surface area contributed by atoms with Crippen molar-refractivity contribution >= 4 is 6.08 Å². The molecule has 0 N–H and O–H groups in total. The van der Waals surface area contributed by atoms with Gasteiger partial charge in [0.1, 0.15) is 0 Å². The largest absolute Gasteiger partial charge is 0.0620 e. The Bertz CT molecular complexity index is 454. The van der Waals surface area contributed by atoms with E-state index in [1.54, 1.807) is 6.08 Å². The highest BCUT2D eigenvalue weighted by molar-refractivity contribution is 5.50. The second kappa shape index (κ2) is 5.32. The summed E-state index contributed by atoms with van der Waals surface area (Å²) in [7, 11) is 0. The predicted octanol–water partition coefficient (Wildman–Crippen LogP) is 3.72. The summed E-state index contributed by atoms with van der Waals surface area (Å²) in [6.07, 6.45) is 3.68. The third-order valence-corrected chi connectivity index (χ3v) is 2.67. The van der Waals surface area contributed by atoms with Crippen molar-refractivity contribution in [3.8, 4) is 0 Å². The van der Waals surface area contributed by atoms with Crippen LogP contribution >= 0.6 is 0 Å². The fourth-order valence-electron chi connectivity index (χ4n) is 1.78.